The van der Waals surface area contributed by atoms with E-state index in [4.69, 9.17) is 11.6 Å². The highest BCUT2D eigenvalue weighted by Gasteiger charge is 2.48. The van der Waals surface area contributed by atoms with Gasteiger partial charge in [-0.2, -0.15) is 0 Å². The first-order valence-corrected chi connectivity index (χ1v) is 12.8. The number of benzene rings is 3. The summed E-state index contributed by atoms with van der Waals surface area (Å²) in [7, 11) is 0. The van der Waals surface area contributed by atoms with Gasteiger partial charge < -0.3 is 4.98 Å². The highest BCUT2D eigenvalue weighted by atomic mass is 35.5. The number of halogens is 1. The first kappa shape index (κ1) is 21.9. The van der Waals surface area contributed by atoms with E-state index in [9.17, 15) is 4.79 Å². The number of hydrogen-bond acceptors (Lipinski definition) is 1. The van der Waals surface area contributed by atoms with Crippen molar-refractivity contribution in [1.82, 2.24) is 4.98 Å². The molecule has 0 atom stereocenters. The lowest BCUT2D eigenvalue weighted by Gasteiger charge is -2.38. The quantitative estimate of drug-likeness (QED) is 0.296. The van der Waals surface area contributed by atoms with Crippen molar-refractivity contribution in [3.05, 3.63) is 68.7 Å². The molecule has 34 heavy (non-hydrogen) atoms. The van der Waals surface area contributed by atoms with Gasteiger partial charge in [-0.1, -0.05) is 31.5 Å². The van der Waals surface area contributed by atoms with Gasteiger partial charge in [0.05, 0.1) is 10.5 Å². The Balaban J connectivity index is 1.66. The number of aromatic nitrogens is 1. The predicted molar refractivity (Wildman–Crippen MR) is 143 cm³/mol. The van der Waals surface area contributed by atoms with Crippen LogP contribution in [0.1, 0.15) is 77.7 Å². The van der Waals surface area contributed by atoms with Crippen molar-refractivity contribution in [2.24, 2.45) is 5.41 Å². The second-order valence-electron chi connectivity index (χ2n) is 11.5. The normalized spacial score (nSPS) is 24.1. The summed E-state index contributed by atoms with van der Waals surface area (Å²) >= 11 is 6.90. The highest BCUT2D eigenvalue weighted by Crippen LogP contribution is 2.54. The molecule has 1 aromatic heterocycles. The maximum absolute atomic E-state index is 13.6. The zero-order chi connectivity index (χ0) is 24.2. The zero-order valence-corrected chi connectivity index (χ0v) is 21.8. The van der Waals surface area contributed by atoms with E-state index >= 15 is 0 Å². The van der Waals surface area contributed by atoms with Gasteiger partial charge >= 0.3 is 0 Å². The van der Waals surface area contributed by atoms with Crippen LogP contribution in [-0.2, 0) is 5.41 Å². The summed E-state index contributed by atoms with van der Waals surface area (Å²) in [4.78, 5) is 17.2. The minimum absolute atomic E-state index is 0.0566. The Morgan fingerprint density at radius 1 is 0.794 bits per heavy atom. The van der Waals surface area contributed by atoms with Gasteiger partial charge in [0.25, 0.3) is 0 Å². The predicted octanol–water partition coefficient (Wildman–Crippen LogP) is 8.91. The monoisotopic (exact) mass is 469 g/mol. The molecule has 1 saturated carbocycles. The van der Waals surface area contributed by atoms with Gasteiger partial charge in [0.15, 0.2) is 5.78 Å². The topological polar surface area (TPSA) is 32.9 Å². The molecule has 0 saturated heterocycles. The number of fused-ring (bicyclic) bond motifs is 5. The number of aryl methyl sites for hydroxylation is 2. The largest absolute Gasteiger partial charge is 0.353 e. The van der Waals surface area contributed by atoms with Gasteiger partial charge in [-0.05, 0) is 122 Å². The Hall–Kier alpha value is -2.58. The molecule has 0 amide bonds. The third kappa shape index (κ3) is 2.84. The first-order chi connectivity index (χ1) is 16.0. The Labute approximate surface area is 206 Å². The summed E-state index contributed by atoms with van der Waals surface area (Å²) in [6.07, 6.45) is 4.10. The number of carbonyl (C=O) groups is 1. The average Bonchev–Trinajstić information content (AvgIpc) is 3.11. The van der Waals surface area contributed by atoms with E-state index in [1.807, 2.05) is 0 Å². The molecule has 3 aromatic carbocycles. The summed E-state index contributed by atoms with van der Waals surface area (Å²) in [5.41, 5.74) is 11.6. The minimum atomic E-state index is -0.229. The Kier molecular flexibility index (Phi) is 4.50. The molecule has 0 aliphatic heterocycles. The fourth-order valence-electron chi connectivity index (χ4n) is 6.66. The van der Waals surface area contributed by atoms with E-state index in [0.29, 0.717) is 5.78 Å². The summed E-state index contributed by atoms with van der Waals surface area (Å²) in [6, 6.07) is 11.1. The van der Waals surface area contributed by atoms with Crippen LogP contribution >= 0.6 is 11.6 Å². The van der Waals surface area contributed by atoms with Crippen LogP contribution in [0.2, 0.25) is 5.02 Å². The minimum Gasteiger partial charge on any atom is -0.353 e. The van der Waals surface area contributed by atoms with E-state index in [1.54, 1.807) is 0 Å². The van der Waals surface area contributed by atoms with Crippen LogP contribution in [0, 0.1) is 33.1 Å². The van der Waals surface area contributed by atoms with E-state index in [-0.39, 0.29) is 10.8 Å². The van der Waals surface area contributed by atoms with Crippen LogP contribution < -0.4 is 0 Å². The highest BCUT2D eigenvalue weighted by molar-refractivity contribution is 6.37. The standard InChI is InChI=1S/C31H32ClNO/c1-16-11-17(2)19(4)27(18(16)3)20-12-22-21-14-24-23(15-26(21)33-28(22)25(32)13-20)29(34)31(6)9-7-30(24,5)8-10-31/h11-15,33H,7-10H2,1-6H3. The van der Waals surface area contributed by atoms with Crippen LogP contribution in [0.3, 0.4) is 0 Å². The second-order valence-corrected chi connectivity index (χ2v) is 11.9. The molecule has 7 rings (SSSR count). The van der Waals surface area contributed by atoms with Crippen molar-refractivity contribution in [3.8, 4) is 11.1 Å². The molecule has 2 nitrogen and oxygen atoms in total. The molecule has 1 heterocycles. The second kappa shape index (κ2) is 6.98. The molecule has 0 spiro atoms. The SMILES string of the molecule is Cc1cc(C)c(C)c(-c2cc(Cl)c3[nH]c4cc5c(cc4c3c2)C2(C)CCC(C)(CC2)C5=O)c1C. The van der Waals surface area contributed by atoms with Crippen molar-refractivity contribution in [3.63, 3.8) is 0 Å². The molecule has 4 aromatic rings. The third-order valence-corrected chi connectivity index (χ3v) is 9.65. The molecule has 3 aliphatic rings. The average molecular weight is 470 g/mol. The lowest BCUT2D eigenvalue weighted by Crippen LogP contribution is -2.33. The fourth-order valence-corrected chi connectivity index (χ4v) is 6.93. The molecule has 3 aliphatic carbocycles. The molecular weight excluding hydrogens is 438 g/mol. The lowest BCUT2D eigenvalue weighted by molar-refractivity contribution is 0.0732. The van der Waals surface area contributed by atoms with Crippen LogP contribution in [0.15, 0.2) is 30.3 Å². The Bertz CT molecular complexity index is 1520. The molecular formula is C31H32ClNO. The first-order valence-electron chi connectivity index (χ1n) is 12.4. The number of H-pyrrole nitrogens is 1. The molecule has 3 heteroatoms. The number of carbonyl (C=O) groups excluding carboxylic acids is 1. The van der Waals surface area contributed by atoms with Crippen LogP contribution in [-0.4, -0.2) is 10.8 Å². The van der Waals surface area contributed by atoms with Gasteiger partial charge in [0.1, 0.15) is 0 Å². The van der Waals surface area contributed by atoms with Crippen LogP contribution in [0.5, 0.6) is 0 Å². The summed E-state index contributed by atoms with van der Waals surface area (Å²) in [5.74, 6) is 0.317. The van der Waals surface area contributed by atoms with Crippen molar-refractivity contribution in [1.29, 1.82) is 0 Å². The van der Waals surface area contributed by atoms with Crippen molar-refractivity contribution in [2.75, 3.05) is 0 Å². The van der Waals surface area contributed by atoms with E-state index in [0.717, 1.165) is 58.3 Å². The van der Waals surface area contributed by atoms with Gasteiger partial charge in [-0.25, -0.2) is 0 Å². The number of Topliss-reactive ketones (excluding diaryl/α,β-unsaturated/α-hetero) is 1. The van der Waals surface area contributed by atoms with Gasteiger partial charge in [-0.15, -0.1) is 0 Å². The molecule has 1 fully saturated rings. The van der Waals surface area contributed by atoms with Crippen LogP contribution in [0.25, 0.3) is 32.9 Å². The van der Waals surface area contributed by atoms with Crippen LogP contribution in [0.4, 0.5) is 0 Å². The van der Waals surface area contributed by atoms with Crippen molar-refractivity contribution < 1.29 is 4.79 Å². The van der Waals surface area contributed by atoms with Crippen molar-refractivity contribution >= 4 is 39.2 Å². The van der Waals surface area contributed by atoms with E-state index in [1.165, 1.54) is 38.8 Å². The summed E-state index contributed by atoms with van der Waals surface area (Å²) in [5, 5.41) is 3.03. The van der Waals surface area contributed by atoms with Gasteiger partial charge in [0.2, 0.25) is 0 Å². The Morgan fingerprint density at radius 3 is 2.06 bits per heavy atom. The number of rotatable bonds is 1. The smallest absolute Gasteiger partial charge is 0.169 e. The molecule has 0 unspecified atom stereocenters. The third-order valence-electron chi connectivity index (χ3n) is 9.35. The number of ketones is 1. The van der Waals surface area contributed by atoms with Gasteiger partial charge in [-0.3, -0.25) is 4.79 Å². The maximum Gasteiger partial charge on any atom is 0.169 e. The summed E-state index contributed by atoms with van der Waals surface area (Å²) < 4.78 is 0. The van der Waals surface area contributed by atoms with E-state index in [2.05, 4.69) is 76.9 Å². The molecule has 2 bridgehead atoms. The molecule has 174 valence electrons. The zero-order valence-electron chi connectivity index (χ0n) is 21.0. The molecule has 0 radical (unpaired) electrons. The number of nitrogens with one attached hydrogen (secondary N) is 1. The van der Waals surface area contributed by atoms with Crippen molar-refractivity contribution in [2.45, 2.75) is 72.6 Å². The fraction of sp³-hybridized carbons (Fsp3) is 0.387. The number of hydrogen-bond donors (Lipinski definition) is 1. The maximum atomic E-state index is 13.6. The summed E-state index contributed by atoms with van der Waals surface area (Å²) in [6.45, 7) is 13.3. The van der Waals surface area contributed by atoms with E-state index < -0.39 is 0 Å². The number of aromatic amines is 1. The lowest BCUT2D eigenvalue weighted by atomic mass is 9.65. The van der Waals surface area contributed by atoms with Gasteiger partial charge in [0, 0.05) is 27.3 Å². The molecule has 1 N–H and O–H groups in total. The Morgan fingerprint density at radius 2 is 1.41 bits per heavy atom.